The SMILES string of the molecule is CC(C)Sc1n[nH]c(CO)n1. The smallest absolute Gasteiger partial charge is 0.208 e. The van der Waals surface area contributed by atoms with E-state index in [0.717, 1.165) is 0 Å². The lowest BCUT2D eigenvalue weighted by molar-refractivity contribution is 0.271. The van der Waals surface area contributed by atoms with E-state index in [1.807, 2.05) is 0 Å². The zero-order valence-electron chi connectivity index (χ0n) is 6.53. The van der Waals surface area contributed by atoms with Crippen molar-refractivity contribution < 1.29 is 5.11 Å². The summed E-state index contributed by atoms with van der Waals surface area (Å²) in [5.41, 5.74) is 0. The Morgan fingerprint density at radius 3 is 2.82 bits per heavy atom. The Bertz CT molecular complexity index is 223. The Hall–Kier alpha value is -0.550. The summed E-state index contributed by atoms with van der Waals surface area (Å²) < 4.78 is 0. The minimum atomic E-state index is -0.0777. The number of H-pyrrole nitrogens is 1. The van der Waals surface area contributed by atoms with Gasteiger partial charge in [0, 0.05) is 5.25 Å². The molecule has 0 unspecified atom stereocenters. The number of hydrogen-bond acceptors (Lipinski definition) is 4. The van der Waals surface area contributed by atoms with Crippen LogP contribution in [0.25, 0.3) is 0 Å². The first-order valence-corrected chi connectivity index (χ1v) is 4.29. The molecule has 1 heterocycles. The van der Waals surface area contributed by atoms with Gasteiger partial charge >= 0.3 is 0 Å². The summed E-state index contributed by atoms with van der Waals surface area (Å²) in [4.78, 5) is 4.02. The molecule has 1 aromatic heterocycles. The van der Waals surface area contributed by atoms with E-state index in [1.165, 1.54) is 0 Å². The van der Waals surface area contributed by atoms with Crippen molar-refractivity contribution in [3.63, 3.8) is 0 Å². The van der Waals surface area contributed by atoms with Crippen LogP contribution >= 0.6 is 11.8 Å². The maximum atomic E-state index is 8.64. The van der Waals surface area contributed by atoms with Crippen molar-refractivity contribution in [2.24, 2.45) is 0 Å². The van der Waals surface area contributed by atoms with E-state index in [9.17, 15) is 0 Å². The van der Waals surface area contributed by atoms with Gasteiger partial charge in [-0.25, -0.2) is 4.98 Å². The molecular weight excluding hydrogens is 162 g/mol. The van der Waals surface area contributed by atoms with E-state index in [2.05, 4.69) is 29.0 Å². The first-order chi connectivity index (χ1) is 5.22. The van der Waals surface area contributed by atoms with Crippen LogP contribution in [-0.4, -0.2) is 25.5 Å². The highest BCUT2D eigenvalue weighted by Crippen LogP contribution is 2.17. The molecule has 0 saturated carbocycles. The van der Waals surface area contributed by atoms with Gasteiger partial charge < -0.3 is 5.11 Å². The molecule has 0 aliphatic heterocycles. The number of thioether (sulfide) groups is 1. The molecule has 1 rings (SSSR count). The second-order valence-electron chi connectivity index (χ2n) is 2.39. The van der Waals surface area contributed by atoms with E-state index in [-0.39, 0.29) is 6.61 Å². The number of aliphatic hydroxyl groups excluding tert-OH is 1. The van der Waals surface area contributed by atoms with E-state index in [1.54, 1.807) is 11.8 Å². The molecule has 0 amide bonds. The minimum Gasteiger partial charge on any atom is -0.388 e. The Balaban J connectivity index is 2.58. The van der Waals surface area contributed by atoms with Crippen molar-refractivity contribution in [1.29, 1.82) is 0 Å². The van der Waals surface area contributed by atoms with Crippen LogP contribution < -0.4 is 0 Å². The van der Waals surface area contributed by atoms with Crippen molar-refractivity contribution in [3.8, 4) is 0 Å². The third kappa shape index (κ3) is 2.51. The minimum absolute atomic E-state index is 0.0777. The molecule has 62 valence electrons. The van der Waals surface area contributed by atoms with Gasteiger partial charge in [-0.3, -0.25) is 5.10 Å². The molecule has 0 aliphatic rings. The van der Waals surface area contributed by atoms with E-state index >= 15 is 0 Å². The molecule has 0 aliphatic carbocycles. The molecule has 0 saturated heterocycles. The summed E-state index contributed by atoms with van der Waals surface area (Å²) in [6.45, 7) is 4.06. The number of aliphatic hydroxyl groups is 1. The molecule has 1 aromatic rings. The van der Waals surface area contributed by atoms with Crippen molar-refractivity contribution in [1.82, 2.24) is 15.2 Å². The van der Waals surface area contributed by atoms with Crippen LogP contribution in [0, 0.1) is 0 Å². The monoisotopic (exact) mass is 173 g/mol. The molecule has 0 spiro atoms. The Morgan fingerprint density at radius 1 is 1.64 bits per heavy atom. The second-order valence-corrected chi connectivity index (χ2v) is 3.93. The zero-order valence-corrected chi connectivity index (χ0v) is 7.35. The highest BCUT2D eigenvalue weighted by atomic mass is 32.2. The van der Waals surface area contributed by atoms with Crippen molar-refractivity contribution >= 4 is 11.8 Å². The van der Waals surface area contributed by atoms with Crippen molar-refractivity contribution in [3.05, 3.63) is 5.82 Å². The predicted octanol–water partition coefficient (Wildman–Crippen LogP) is 0.797. The summed E-state index contributed by atoms with van der Waals surface area (Å²) in [7, 11) is 0. The summed E-state index contributed by atoms with van der Waals surface area (Å²) in [5, 5.41) is 16.3. The van der Waals surface area contributed by atoms with E-state index in [4.69, 9.17) is 5.11 Å². The Morgan fingerprint density at radius 2 is 2.36 bits per heavy atom. The molecule has 11 heavy (non-hydrogen) atoms. The average molecular weight is 173 g/mol. The number of aromatic amines is 1. The third-order valence-corrected chi connectivity index (χ3v) is 1.87. The van der Waals surface area contributed by atoms with E-state index < -0.39 is 0 Å². The summed E-state index contributed by atoms with van der Waals surface area (Å²) >= 11 is 1.57. The maximum Gasteiger partial charge on any atom is 0.208 e. The fourth-order valence-corrected chi connectivity index (χ4v) is 1.29. The van der Waals surface area contributed by atoms with Gasteiger partial charge in [-0.15, -0.1) is 5.10 Å². The number of rotatable bonds is 3. The molecule has 0 bridgehead atoms. The molecule has 5 heteroatoms. The van der Waals surface area contributed by atoms with Gasteiger partial charge in [0.1, 0.15) is 6.61 Å². The highest BCUT2D eigenvalue weighted by molar-refractivity contribution is 7.99. The highest BCUT2D eigenvalue weighted by Gasteiger charge is 2.03. The molecule has 0 aromatic carbocycles. The van der Waals surface area contributed by atoms with Gasteiger partial charge in [0.15, 0.2) is 5.82 Å². The number of nitrogens with one attached hydrogen (secondary N) is 1. The fourth-order valence-electron chi connectivity index (χ4n) is 0.612. The largest absolute Gasteiger partial charge is 0.388 e. The van der Waals surface area contributed by atoms with Gasteiger partial charge in [0.05, 0.1) is 0 Å². The van der Waals surface area contributed by atoms with Crippen LogP contribution in [0.1, 0.15) is 19.7 Å². The van der Waals surface area contributed by atoms with Gasteiger partial charge in [-0.2, -0.15) is 0 Å². The van der Waals surface area contributed by atoms with Crippen LogP contribution in [0.2, 0.25) is 0 Å². The first kappa shape index (κ1) is 8.55. The van der Waals surface area contributed by atoms with Crippen LogP contribution in [0.4, 0.5) is 0 Å². The lowest BCUT2D eigenvalue weighted by Gasteiger charge is -1.96. The lowest BCUT2D eigenvalue weighted by Crippen LogP contribution is -1.87. The van der Waals surface area contributed by atoms with Gasteiger partial charge in [-0.05, 0) is 0 Å². The quantitative estimate of drug-likeness (QED) is 0.664. The molecular formula is C6H11N3OS. The van der Waals surface area contributed by atoms with Crippen LogP contribution in [-0.2, 0) is 6.61 Å². The molecule has 0 atom stereocenters. The first-order valence-electron chi connectivity index (χ1n) is 3.41. The molecule has 0 fully saturated rings. The molecule has 4 nitrogen and oxygen atoms in total. The lowest BCUT2D eigenvalue weighted by atomic mass is 10.6. The number of nitrogens with zero attached hydrogens (tertiary/aromatic N) is 2. The Kier molecular flexibility index (Phi) is 2.90. The topological polar surface area (TPSA) is 61.8 Å². The van der Waals surface area contributed by atoms with E-state index in [0.29, 0.717) is 16.2 Å². The van der Waals surface area contributed by atoms with Crippen molar-refractivity contribution in [2.75, 3.05) is 0 Å². The Labute approximate surface area is 69.4 Å². The van der Waals surface area contributed by atoms with Crippen LogP contribution in [0.5, 0.6) is 0 Å². The maximum absolute atomic E-state index is 8.64. The summed E-state index contributed by atoms with van der Waals surface area (Å²) in [5.74, 6) is 0.521. The number of hydrogen-bond donors (Lipinski definition) is 2. The molecule has 2 N–H and O–H groups in total. The fraction of sp³-hybridized carbons (Fsp3) is 0.667. The summed E-state index contributed by atoms with van der Waals surface area (Å²) in [6, 6.07) is 0. The third-order valence-electron chi connectivity index (χ3n) is 1.00. The van der Waals surface area contributed by atoms with Crippen molar-refractivity contribution in [2.45, 2.75) is 30.9 Å². The van der Waals surface area contributed by atoms with Gasteiger partial charge in [0.2, 0.25) is 5.16 Å². The van der Waals surface area contributed by atoms with Crippen LogP contribution in [0.15, 0.2) is 5.16 Å². The number of aromatic nitrogens is 3. The predicted molar refractivity (Wildman–Crippen MR) is 43.3 cm³/mol. The molecule has 0 radical (unpaired) electrons. The zero-order chi connectivity index (χ0) is 8.27. The van der Waals surface area contributed by atoms with Crippen LogP contribution in [0.3, 0.4) is 0 Å². The summed E-state index contributed by atoms with van der Waals surface area (Å²) in [6.07, 6.45) is 0. The second kappa shape index (κ2) is 3.73. The standard InChI is InChI=1S/C6H11N3OS/c1-4(2)11-6-7-5(3-10)8-9-6/h4,10H,3H2,1-2H3,(H,7,8,9). The van der Waals surface area contributed by atoms with Gasteiger partial charge in [0.25, 0.3) is 0 Å². The normalized spacial score (nSPS) is 10.9. The average Bonchev–Trinajstić information content (AvgIpc) is 2.34. The van der Waals surface area contributed by atoms with Gasteiger partial charge in [-0.1, -0.05) is 25.6 Å².